The highest BCUT2D eigenvalue weighted by Crippen LogP contribution is 2.27. The van der Waals surface area contributed by atoms with Crippen molar-refractivity contribution < 1.29 is 0 Å². The van der Waals surface area contributed by atoms with Crippen molar-refractivity contribution in [3.8, 4) is 11.1 Å². The molecule has 0 amide bonds. The van der Waals surface area contributed by atoms with Gasteiger partial charge in [0.2, 0.25) is 0 Å². The highest BCUT2D eigenvalue weighted by molar-refractivity contribution is 5.84. The lowest BCUT2D eigenvalue weighted by Crippen LogP contribution is -2.44. The fourth-order valence-electron chi connectivity index (χ4n) is 4.56. The van der Waals surface area contributed by atoms with Gasteiger partial charge >= 0.3 is 0 Å². The Balaban J connectivity index is 1.28. The molecule has 4 nitrogen and oxygen atoms in total. The van der Waals surface area contributed by atoms with Crippen LogP contribution in [0.4, 0.5) is 5.82 Å². The molecule has 5 rings (SSSR count). The Morgan fingerprint density at radius 3 is 2.41 bits per heavy atom. The molecule has 2 fully saturated rings. The first-order chi connectivity index (χ1) is 13.4. The smallest absolute Gasteiger partial charge is 0.128 e. The molecule has 0 aliphatic carbocycles. The average Bonchev–Trinajstić information content (AvgIpc) is 3.29. The molecule has 1 aromatic carbocycles. The van der Waals surface area contributed by atoms with Crippen molar-refractivity contribution in [2.75, 3.05) is 31.1 Å². The van der Waals surface area contributed by atoms with Crippen LogP contribution in [0.3, 0.4) is 0 Å². The van der Waals surface area contributed by atoms with E-state index in [0.717, 1.165) is 36.0 Å². The number of nitrogens with zero attached hydrogens (tertiary/aromatic N) is 4. The number of pyridine rings is 2. The standard InChI is InChI=1S/C23H26N4/c1-2-13-26(12-1)21-9-14-27(15-10-21)23-8-7-20(17-25-23)19-6-5-18-4-3-11-24-22(18)16-19/h3-8,11,16-17,21H,1-2,9-10,12-15H2. The van der Waals surface area contributed by atoms with Crippen LogP contribution in [0.1, 0.15) is 25.7 Å². The van der Waals surface area contributed by atoms with Gasteiger partial charge in [0, 0.05) is 42.5 Å². The van der Waals surface area contributed by atoms with Gasteiger partial charge in [0.25, 0.3) is 0 Å². The molecule has 0 spiro atoms. The Morgan fingerprint density at radius 2 is 1.63 bits per heavy atom. The second-order valence-electron chi connectivity index (χ2n) is 7.78. The summed E-state index contributed by atoms with van der Waals surface area (Å²) in [5.41, 5.74) is 3.36. The summed E-state index contributed by atoms with van der Waals surface area (Å²) in [6.07, 6.45) is 9.14. The number of fused-ring (bicyclic) bond motifs is 1. The van der Waals surface area contributed by atoms with Crippen LogP contribution < -0.4 is 4.90 Å². The van der Waals surface area contributed by atoms with E-state index in [0.29, 0.717) is 0 Å². The summed E-state index contributed by atoms with van der Waals surface area (Å²) in [5.74, 6) is 1.11. The van der Waals surface area contributed by atoms with E-state index >= 15 is 0 Å². The molecular weight excluding hydrogens is 332 g/mol. The maximum Gasteiger partial charge on any atom is 0.128 e. The number of hydrogen-bond donors (Lipinski definition) is 0. The summed E-state index contributed by atoms with van der Waals surface area (Å²) in [4.78, 5) is 14.4. The van der Waals surface area contributed by atoms with E-state index in [1.54, 1.807) is 0 Å². The third kappa shape index (κ3) is 3.42. The quantitative estimate of drug-likeness (QED) is 0.696. The first-order valence-electron chi connectivity index (χ1n) is 10.2. The van der Waals surface area contributed by atoms with Crippen molar-refractivity contribution in [2.24, 2.45) is 0 Å². The van der Waals surface area contributed by atoms with Crippen molar-refractivity contribution in [3.63, 3.8) is 0 Å². The lowest BCUT2D eigenvalue weighted by molar-refractivity contribution is 0.207. The molecular formula is C23H26N4. The van der Waals surface area contributed by atoms with Gasteiger partial charge in [-0.2, -0.15) is 0 Å². The number of likely N-dealkylation sites (tertiary alicyclic amines) is 1. The fourth-order valence-corrected chi connectivity index (χ4v) is 4.56. The molecule has 2 saturated heterocycles. The van der Waals surface area contributed by atoms with E-state index in [9.17, 15) is 0 Å². The van der Waals surface area contributed by atoms with Gasteiger partial charge in [-0.3, -0.25) is 4.98 Å². The van der Waals surface area contributed by atoms with Crippen LogP contribution in [0.25, 0.3) is 22.0 Å². The van der Waals surface area contributed by atoms with E-state index in [1.165, 1.54) is 49.7 Å². The molecule has 27 heavy (non-hydrogen) atoms. The molecule has 0 bridgehead atoms. The van der Waals surface area contributed by atoms with Gasteiger partial charge < -0.3 is 9.80 Å². The van der Waals surface area contributed by atoms with Crippen molar-refractivity contribution in [1.29, 1.82) is 0 Å². The molecule has 0 atom stereocenters. The third-order valence-electron chi connectivity index (χ3n) is 6.13. The number of rotatable bonds is 3. The topological polar surface area (TPSA) is 32.3 Å². The Kier molecular flexibility index (Phi) is 4.50. The lowest BCUT2D eigenvalue weighted by atomic mass is 10.0. The molecule has 4 heteroatoms. The number of piperidine rings is 1. The summed E-state index contributed by atoms with van der Waals surface area (Å²) < 4.78 is 0. The lowest BCUT2D eigenvalue weighted by Gasteiger charge is -2.37. The van der Waals surface area contributed by atoms with E-state index < -0.39 is 0 Å². The zero-order valence-corrected chi connectivity index (χ0v) is 15.7. The van der Waals surface area contributed by atoms with Crippen molar-refractivity contribution >= 4 is 16.7 Å². The largest absolute Gasteiger partial charge is 0.357 e. The summed E-state index contributed by atoms with van der Waals surface area (Å²) in [6.45, 7) is 4.84. The predicted molar refractivity (Wildman–Crippen MR) is 111 cm³/mol. The molecule has 3 aromatic rings. The zero-order chi connectivity index (χ0) is 18.1. The van der Waals surface area contributed by atoms with Gasteiger partial charge in [-0.15, -0.1) is 0 Å². The Bertz CT molecular complexity index is 907. The molecule has 0 N–H and O–H groups in total. The highest BCUT2D eigenvalue weighted by Gasteiger charge is 2.26. The summed E-state index contributed by atoms with van der Waals surface area (Å²) in [6, 6.07) is 15.7. The van der Waals surface area contributed by atoms with E-state index in [-0.39, 0.29) is 0 Å². The van der Waals surface area contributed by atoms with Gasteiger partial charge in [-0.1, -0.05) is 18.2 Å². The van der Waals surface area contributed by atoms with Crippen molar-refractivity contribution in [3.05, 3.63) is 54.9 Å². The SMILES string of the molecule is c1cnc2cc(-c3ccc(N4CCC(N5CCCC5)CC4)nc3)ccc2c1. The zero-order valence-electron chi connectivity index (χ0n) is 15.7. The number of anilines is 1. The van der Waals surface area contributed by atoms with Gasteiger partial charge in [-0.25, -0.2) is 4.98 Å². The summed E-state index contributed by atoms with van der Waals surface area (Å²) >= 11 is 0. The van der Waals surface area contributed by atoms with Crippen LogP contribution in [-0.4, -0.2) is 47.1 Å². The van der Waals surface area contributed by atoms with Crippen LogP contribution in [0, 0.1) is 0 Å². The minimum Gasteiger partial charge on any atom is -0.357 e. The number of benzene rings is 1. The second-order valence-corrected chi connectivity index (χ2v) is 7.78. The van der Waals surface area contributed by atoms with Crippen molar-refractivity contribution in [2.45, 2.75) is 31.7 Å². The van der Waals surface area contributed by atoms with Gasteiger partial charge in [-0.05, 0) is 68.6 Å². The molecule has 0 radical (unpaired) electrons. The van der Waals surface area contributed by atoms with Gasteiger partial charge in [0.1, 0.15) is 5.82 Å². The van der Waals surface area contributed by atoms with Crippen LogP contribution in [0.5, 0.6) is 0 Å². The highest BCUT2D eigenvalue weighted by atomic mass is 15.2. The average molecular weight is 358 g/mol. The molecule has 138 valence electrons. The van der Waals surface area contributed by atoms with E-state index in [2.05, 4.69) is 51.2 Å². The Hall–Kier alpha value is -2.46. The molecule has 2 aliphatic heterocycles. The Morgan fingerprint density at radius 1 is 0.815 bits per heavy atom. The minimum atomic E-state index is 0.785. The molecule has 2 aliphatic rings. The normalized spacial score (nSPS) is 19.0. The molecule has 0 unspecified atom stereocenters. The fraction of sp³-hybridized carbons (Fsp3) is 0.391. The number of hydrogen-bond acceptors (Lipinski definition) is 4. The maximum absolute atomic E-state index is 4.77. The molecule has 4 heterocycles. The monoisotopic (exact) mass is 358 g/mol. The summed E-state index contributed by atoms with van der Waals surface area (Å²) in [5, 5.41) is 1.17. The van der Waals surface area contributed by atoms with Gasteiger partial charge in [0.05, 0.1) is 5.52 Å². The second kappa shape index (κ2) is 7.28. The van der Waals surface area contributed by atoms with Crippen molar-refractivity contribution in [1.82, 2.24) is 14.9 Å². The Labute approximate surface area is 160 Å². The van der Waals surface area contributed by atoms with Crippen LogP contribution in [0.15, 0.2) is 54.9 Å². The van der Waals surface area contributed by atoms with E-state index in [1.807, 2.05) is 18.5 Å². The summed E-state index contributed by atoms with van der Waals surface area (Å²) in [7, 11) is 0. The molecule has 0 saturated carbocycles. The van der Waals surface area contributed by atoms with Crippen LogP contribution >= 0.6 is 0 Å². The first-order valence-corrected chi connectivity index (χ1v) is 10.2. The van der Waals surface area contributed by atoms with Crippen LogP contribution in [-0.2, 0) is 0 Å². The van der Waals surface area contributed by atoms with E-state index in [4.69, 9.17) is 4.98 Å². The molecule has 2 aromatic heterocycles. The van der Waals surface area contributed by atoms with Crippen LogP contribution in [0.2, 0.25) is 0 Å². The number of aromatic nitrogens is 2. The third-order valence-corrected chi connectivity index (χ3v) is 6.13. The van der Waals surface area contributed by atoms with Gasteiger partial charge in [0.15, 0.2) is 0 Å². The maximum atomic E-state index is 4.77. The minimum absolute atomic E-state index is 0.785. The predicted octanol–water partition coefficient (Wildman–Crippen LogP) is 4.36. The first kappa shape index (κ1) is 16.7.